The number of nitrogens with two attached hydrogens (primary N) is 1. The standard InChI is InChI=1S/C10H21N3O2/c1-15-7-8(11)5-6-12-10(14)13-9-3-2-4-9/h8-9H,2-7,11H2,1H3,(H2,12,13,14). The van der Waals surface area contributed by atoms with E-state index in [9.17, 15) is 4.79 Å². The predicted molar refractivity (Wildman–Crippen MR) is 58.6 cm³/mol. The highest BCUT2D eigenvalue weighted by Crippen LogP contribution is 2.17. The molecular formula is C10H21N3O2. The molecule has 1 rings (SSSR count). The van der Waals surface area contributed by atoms with Crippen LogP contribution in [0.4, 0.5) is 4.79 Å². The van der Waals surface area contributed by atoms with Crippen LogP contribution in [0.3, 0.4) is 0 Å². The molecule has 15 heavy (non-hydrogen) atoms. The third-order valence-corrected chi connectivity index (χ3v) is 2.62. The number of carbonyl (C=O) groups is 1. The van der Waals surface area contributed by atoms with E-state index in [-0.39, 0.29) is 12.1 Å². The van der Waals surface area contributed by atoms with Crippen LogP contribution in [0.2, 0.25) is 0 Å². The topological polar surface area (TPSA) is 76.4 Å². The minimum atomic E-state index is -0.0793. The van der Waals surface area contributed by atoms with Gasteiger partial charge in [-0.3, -0.25) is 0 Å². The zero-order chi connectivity index (χ0) is 11.1. The molecule has 0 aliphatic heterocycles. The molecule has 1 aliphatic rings. The number of rotatable bonds is 6. The molecule has 0 saturated heterocycles. The molecule has 1 unspecified atom stereocenters. The van der Waals surface area contributed by atoms with E-state index in [2.05, 4.69) is 10.6 Å². The van der Waals surface area contributed by atoms with E-state index in [1.54, 1.807) is 7.11 Å². The maximum absolute atomic E-state index is 11.3. The van der Waals surface area contributed by atoms with Gasteiger partial charge in [-0.15, -0.1) is 0 Å². The van der Waals surface area contributed by atoms with Crippen LogP contribution in [0.15, 0.2) is 0 Å². The number of nitrogens with one attached hydrogen (secondary N) is 2. The van der Waals surface area contributed by atoms with Gasteiger partial charge in [0, 0.05) is 25.7 Å². The number of ether oxygens (including phenoxy) is 1. The van der Waals surface area contributed by atoms with Crippen molar-refractivity contribution in [3.05, 3.63) is 0 Å². The van der Waals surface area contributed by atoms with Crippen LogP contribution in [0.5, 0.6) is 0 Å². The van der Waals surface area contributed by atoms with Gasteiger partial charge in [0.1, 0.15) is 0 Å². The number of methoxy groups -OCH3 is 1. The summed E-state index contributed by atoms with van der Waals surface area (Å²) < 4.78 is 4.90. The number of hydrogen-bond donors (Lipinski definition) is 3. The molecule has 4 N–H and O–H groups in total. The Bertz CT molecular complexity index is 195. The second kappa shape index (κ2) is 6.63. The first-order chi connectivity index (χ1) is 7.22. The van der Waals surface area contributed by atoms with E-state index in [4.69, 9.17) is 10.5 Å². The molecule has 1 saturated carbocycles. The number of amides is 2. The molecule has 0 bridgehead atoms. The molecule has 0 aromatic rings. The van der Waals surface area contributed by atoms with Crippen LogP contribution >= 0.6 is 0 Å². The van der Waals surface area contributed by atoms with Gasteiger partial charge in [-0.25, -0.2) is 4.79 Å². The van der Waals surface area contributed by atoms with Crippen LogP contribution < -0.4 is 16.4 Å². The Balaban J connectivity index is 1.96. The van der Waals surface area contributed by atoms with Crippen molar-refractivity contribution in [2.24, 2.45) is 5.73 Å². The molecule has 5 heteroatoms. The van der Waals surface area contributed by atoms with E-state index in [0.717, 1.165) is 19.3 Å². The van der Waals surface area contributed by atoms with Gasteiger partial charge in [0.05, 0.1) is 6.61 Å². The highest BCUT2D eigenvalue weighted by atomic mass is 16.5. The van der Waals surface area contributed by atoms with Crippen molar-refractivity contribution < 1.29 is 9.53 Å². The molecule has 1 fully saturated rings. The fourth-order valence-electron chi connectivity index (χ4n) is 1.46. The number of urea groups is 1. The van der Waals surface area contributed by atoms with Crippen molar-refractivity contribution in [1.29, 1.82) is 0 Å². The average Bonchev–Trinajstić information content (AvgIpc) is 2.12. The Labute approximate surface area is 90.7 Å². The number of hydrogen-bond acceptors (Lipinski definition) is 3. The zero-order valence-corrected chi connectivity index (χ0v) is 9.29. The lowest BCUT2D eigenvalue weighted by atomic mass is 9.93. The Morgan fingerprint density at radius 1 is 1.60 bits per heavy atom. The lowest BCUT2D eigenvalue weighted by Gasteiger charge is -2.26. The summed E-state index contributed by atoms with van der Waals surface area (Å²) in [5, 5.41) is 5.69. The SMILES string of the molecule is COCC(N)CCNC(=O)NC1CCC1. The molecule has 1 atom stereocenters. The molecule has 0 heterocycles. The number of carbonyl (C=O) groups excluding carboxylic acids is 1. The first-order valence-electron chi connectivity index (χ1n) is 5.51. The molecule has 0 radical (unpaired) electrons. The van der Waals surface area contributed by atoms with Crippen molar-refractivity contribution in [2.45, 2.75) is 37.8 Å². The summed E-state index contributed by atoms with van der Waals surface area (Å²) in [5.74, 6) is 0. The van der Waals surface area contributed by atoms with Gasteiger partial charge < -0.3 is 21.1 Å². The van der Waals surface area contributed by atoms with Crippen molar-refractivity contribution in [3.63, 3.8) is 0 Å². The Morgan fingerprint density at radius 3 is 2.87 bits per heavy atom. The summed E-state index contributed by atoms with van der Waals surface area (Å²) in [4.78, 5) is 11.3. The van der Waals surface area contributed by atoms with E-state index < -0.39 is 0 Å². The molecule has 2 amide bonds. The summed E-state index contributed by atoms with van der Waals surface area (Å²) in [6.45, 7) is 1.13. The van der Waals surface area contributed by atoms with Gasteiger partial charge in [0.2, 0.25) is 0 Å². The fourth-order valence-corrected chi connectivity index (χ4v) is 1.46. The smallest absolute Gasteiger partial charge is 0.315 e. The Kier molecular flexibility index (Phi) is 5.42. The zero-order valence-electron chi connectivity index (χ0n) is 9.29. The highest BCUT2D eigenvalue weighted by molar-refractivity contribution is 5.74. The molecular weight excluding hydrogens is 194 g/mol. The maximum Gasteiger partial charge on any atom is 0.315 e. The third-order valence-electron chi connectivity index (χ3n) is 2.62. The van der Waals surface area contributed by atoms with Gasteiger partial charge >= 0.3 is 6.03 Å². The predicted octanol–water partition coefficient (Wildman–Crippen LogP) is 0.202. The van der Waals surface area contributed by atoms with Gasteiger partial charge in [0.25, 0.3) is 0 Å². The lowest BCUT2D eigenvalue weighted by Crippen LogP contribution is -2.46. The molecule has 1 aliphatic carbocycles. The summed E-state index contributed by atoms with van der Waals surface area (Å²) in [5.41, 5.74) is 5.71. The van der Waals surface area contributed by atoms with Crippen LogP contribution in [-0.4, -0.2) is 38.4 Å². The second-order valence-electron chi connectivity index (χ2n) is 4.03. The quantitative estimate of drug-likeness (QED) is 0.592. The van der Waals surface area contributed by atoms with Crippen LogP contribution in [0, 0.1) is 0 Å². The van der Waals surface area contributed by atoms with Crippen LogP contribution in [-0.2, 0) is 4.74 Å². The van der Waals surface area contributed by atoms with Crippen molar-refractivity contribution in [1.82, 2.24) is 10.6 Å². The first kappa shape index (κ1) is 12.3. The first-order valence-corrected chi connectivity index (χ1v) is 5.51. The monoisotopic (exact) mass is 215 g/mol. The average molecular weight is 215 g/mol. The third kappa shape index (κ3) is 4.99. The Hall–Kier alpha value is -0.810. The van der Waals surface area contributed by atoms with Gasteiger partial charge in [-0.2, -0.15) is 0 Å². The molecule has 88 valence electrons. The molecule has 0 aromatic heterocycles. The fraction of sp³-hybridized carbons (Fsp3) is 0.900. The summed E-state index contributed by atoms with van der Waals surface area (Å²) in [6.07, 6.45) is 4.18. The highest BCUT2D eigenvalue weighted by Gasteiger charge is 2.18. The van der Waals surface area contributed by atoms with Crippen LogP contribution in [0.1, 0.15) is 25.7 Å². The lowest BCUT2D eigenvalue weighted by molar-refractivity contribution is 0.176. The van der Waals surface area contributed by atoms with Crippen molar-refractivity contribution in [2.75, 3.05) is 20.3 Å². The van der Waals surface area contributed by atoms with Gasteiger partial charge in [-0.1, -0.05) is 0 Å². The van der Waals surface area contributed by atoms with Crippen molar-refractivity contribution in [3.8, 4) is 0 Å². The minimum Gasteiger partial charge on any atom is -0.383 e. The Morgan fingerprint density at radius 2 is 2.33 bits per heavy atom. The largest absolute Gasteiger partial charge is 0.383 e. The molecule has 0 aromatic carbocycles. The maximum atomic E-state index is 11.3. The van der Waals surface area contributed by atoms with E-state index in [0.29, 0.717) is 19.2 Å². The second-order valence-corrected chi connectivity index (χ2v) is 4.03. The summed E-state index contributed by atoms with van der Waals surface area (Å²) >= 11 is 0. The molecule has 0 spiro atoms. The van der Waals surface area contributed by atoms with Crippen LogP contribution in [0.25, 0.3) is 0 Å². The summed E-state index contributed by atoms with van der Waals surface area (Å²) in [7, 11) is 1.62. The van der Waals surface area contributed by atoms with Gasteiger partial charge in [0.15, 0.2) is 0 Å². The molecule has 5 nitrogen and oxygen atoms in total. The van der Waals surface area contributed by atoms with Gasteiger partial charge in [-0.05, 0) is 25.7 Å². The van der Waals surface area contributed by atoms with E-state index >= 15 is 0 Å². The van der Waals surface area contributed by atoms with E-state index in [1.807, 2.05) is 0 Å². The normalized spacial score (nSPS) is 18.0. The van der Waals surface area contributed by atoms with E-state index in [1.165, 1.54) is 6.42 Å². The minimum absolute atomic E-state index is 0.000923. The summed E-state index contributed by atoms with van der Waals surface area (Å²) in [6, 6.07) is 0.306. The van der Waals surface area contributed by atoms with Crippen molar-refractivity contribution >= 4 is 6.03 Å².